The number of hydrogen-bond acceptors (Lipinski definition) is 16. The summed E-state index contributed by atoms with van der Waals surface area (Å²) in [5.41, 5.74) is 5.65. The quantitative estimate of drug-likeness (QED) is 0.0621. The Morgan fingerprint density at radius 3 is 2.69 bits per heavy atom. The predicted molar refractivity (Wildman–Crippen MR) is 165 cm³/mol. The number of rotatable bonds is 11. The summed E-state index contributed by atoms with van der Waals surface area (Å²) in [6.07, 6.45) is 5.09. The first-order valence-electron chi connectivity index (χ1n) is 14.2. The number of urea groups is 1. The molecule has 0 bridgehead atoms. The Morgan fingerprint density at radius 2 is 2.08 bits per heavy atom. The molecule has 1 saturated carbocycles. The van der Waals surface area contributed by atoms with E-state index in [-0.39, 0.29) is 74.9 Å². The van der Waals surface area contributed by atoms with Gasteiger partial charge in [0.2, 0.25) is 22.9 Å². The number of aromatic hydroxyl groups is 1. The van der Waals surface area contributed by atoms with E-state index >= 15 is 0 Å². The summed E-state index contributed by atoms with van der Waals surface area (Å²) in [7, 11) is 1.64. The summed E-state index contributed by atoms with van der Waals surface area (Å²) in [4.78, 5) is 65.1. The molecule has 0 spiro atoms. The first-order valence-corrected chi connectivity index (χ1v) is 17.1. The molecule has 2 aliphatic heterocycles. The van der Waals surface area contributed by atoms with Crippen LogP contribution < -0.4 is 60.7 Å². The zero-order chi connectivity index (χ0) is 33.4. The van der Waals surface area contributed by atoms with Crippen molar-refractivity contribution in [3.63, 3.8) is 0 Å². The van der Waals surface area contributed by atoms with Crippen molar-refractivity contribution < 1.29 is 58.9 Å². The molecule has 4 amide bonds. The third-order valence-corrected chi connectivity index (χ3v) is 10.9. The molecule has 3 aromatic heterocycles. The smallest absolute Gasteiger partial charge is 0.543 e. The number of carbonyl (C=O) groups is 4. The third-order valence-electron chi connectivity index (χ3n) is 7.79. The van der Waals surface area contributed by atoms with Crippen molar-refractivity contribution in [2.75, 3.05) is 21.7 Å². The zero-order valence-corrected chi connectivity index (χ0v) is 30.0. The fraction of sp³-hybridized carbons (Fsp3) is 0.440. The SMILES string of the molecule is Cn1nnnc1SCC1=C(C(=O)[O-])N2C(=O)[C@@H](NC(=O)C(c3csc(=N)[nH]3)N(C(N)=O)c3cnc(NC4CCCC4)nc3O)[C@@H]2SC1.[Na+]. The minimum atomic E-state index is -1.59. The van der Waals surface area contributed by atoms with E-state index in [9.17, 15) is 29.4 Å². The van der Waals surface area contributed by atoms with E-state index in [1.54, 1.807) is 7.05 Å². The van der Waals surface area contributed by atoms with Crippen molar-refractivity contribution in [1.82, 2.24) is 45.4 Å². The number of β-lactam (4-membered cyclic amide) rings is 1. The fourth-order valence-corrected chi connectivity index (χ4v) is 8.54. The summed E-state index contributed by atoms with van der Waals surface area (Å²) < 4.78 is 1.43. The van der Waals surface area contributed by atoms with Gasteiger partial charge in [0.15, 0.2) is 10.8 Å². The third kappa shape index (κ3) is 7.03. The van der Waals surface area contributed by atoms with Crippen LogP contribution in [0.1, 0.15) is 37.4 Å². The molecular formula is C25H28N13NaO6S3. The maximum Gasteiger partial charge on any atom is 1.00 e. The predicted octanol–water partition coefficient (Wildman–Crippen LogP) is -4.24. The number of thioether (sulfide) groups is 2. The summed E-state index contributed by atoms with van der Waals surface area (Å²) >= 11 is 3.37. The van der Waals surface area contributed by atoms with Gasteiger partial charge < -0.3 is 36.4 Å². The normalized spacial score (nSPS) is 19.6. The van der Waals surface area contributed by atoms with Crippen molar-refractivity contribution >= 4 is 70.3 Å². The van der Waals surface area contributed by atoms with Crippen LogP contribution in [-0.4, -0.2) is 97.9 Å². The van der Waals surface area contributed by atoms with E-state index in [2.05, 4.69) is 41.1 Å². The number of fused-ring (bicyclic) bond motifs is 1. The van der Waals surface area contributed by atoms with Gasteiger partial charge in [0.1, 0.15) is 17.1 Å². The Hall–Kier alpha value is -3.70. The second-order valence-corrected chi connectivity index (χ2v) is 13.7. The van der Waals surface area contributed by atoms with E-state index in [1.165, 1.54) is 33.6 Å². The van der Waals surface area contributed by atoms with Gasteiger partial charge in [-0.3, -0.25) is 24.8 Å². The van der Waals surface area contributed by atoms with E-state index in [4.69, 9.17) is 11.1 Å². The Bertz CT molecular complexity index is 1830. The molecule has 2 fully saturated rings. The number of aromatic nitrogens is 7. The minimum Gasteiger partial charge on any atom is -0.543 e. The Balaban J connectivity index is 0.00000451. The van der Waals surface area contributed by atoms with Crippen LogP contribution in [-0.2, 0) is 21.4 Å². The molecule has 248 valence electrons. The van der Waals surface area contributed by atoms with Crippen molar-refractivity contribution in [2.45, 2.75) is 54.3 Å². The maximum absolute atomic E-state index is 13.9. The first kappa shape index (κ1) is 35.6. The number of amides is 4. The number of tetrazole rings is 1. The molecule has 1 unspecified atom stereocenters. The number of carbonyl (C=O) groups excluding carboxylic acids is 4. The van der Waals surface area contributed by atoms with Crippen LogP contribution in [0.15, 0.2) is 28.0 Å². The van der Waals surface area contributed by atoms with Crippen LogP contribution in [0.25, 0.3) is 0 Å². The number of H-pyrrole nitrogens is 1. The van der Waals surface area contributed by atoms with Gasteiger partial charge in [-0.05, 0) is 28.8 Å². The standard InChI is InChI=1S/C25H29N13O6S3.Na/c1-36-25(33-34-35-36)47-8-10-7-45-20-14(19(41)38(20)15(10)21(42)43)31-18(40)16(12-9-46-22(26)30-12)37(23(27)44)13-6-28-24(32-17(13)39)29-11-4-2-3-5-11;/h6,9,11,14,16,20H,2-5,7-8H2,1H3,(H2,26,30)(H2,27,44)(H,31,40)(H,42,43)(H2,28,29,32,39);/q;+1/p-1/t14-,16?,20+;/m1./s1. The molecular weight excluding hydrogens is 698 g/mol. The average molecular weight is 726 g/mol. The molecule has 19 nitrogen and oxygen atoms in total. The van der Waals surface area contributed by atoms with E-state index in [1.807, 2.05) is 0 Å². The van der Waals surface area contributed by atoms with Gasteiger partial charge in [-0.25, -0.2) is 14.5 Å². The number of aromatic amines is 1. The van der Waals surface area contributed by atoms with Crippen molar-refractivity contribution in [3.8, 4) is 5.88 Å². The Morgan fingerprint density at radius 1 is 1.33 bits per heavy atom. The van der Waals surface area contributed by atoms with E-state index in [0.717, 1.165) is 53.0 Å². The number of nitrogens with zero attached hydrogens (tertiary/aromatic N) is 8. The van der Waals surface area contributed by atoms with Gasteiger partial charge in [-0.2, -0.15) is 4.98 Å². The number of nitrogens with two attached hydrogens (primary N) is 1. The summed E-state index contributed by atoms with van der Waals surface area (Å²) in [6.45, 7) is 0. The second-order valence-electron chi connectivity index (χ2n) is 10.8. The van der Waals surface area contributed by atoms with Crippen molar-refractivity contribution in [2.24, 2.45) is 12.8 Å². The number of anilines is 2. The van der Waals surface area contributed by atoms with Gasteiger partial charge in [0.05, 0.1) is 23.6 Å². The molecule has 1 saturated heterocycles. The molecule has 48 heavy (non-hydrogen) atoms. The molecule has 3 atom stereocenters. The Labute approximate surface area is 306 Å². The van der Waals surface area contributed by atoms with E-state index in [0.29, 0.717) is 10.7 Å². The van der Waals surface area contributed by atoms with Crippen molar-refractivity contribution in [1.29, 1.82) is 5.41 Å². The van der Waals surface area contributed by atoms with Crippen molar-refractivity contribution in [3.05, 3.63) is 33.3 Å². The van der Waals surface area contributed by atoms with Crippen LogP contribution in [0.4, 0.5) is 16.4 Å². The topological polar surface area (TPSA) is 277 Å². The molecule has 23 heteroatoms. The van der Waals surface area contributed by atoms with Gasteiger partial charge in [-0.15, -0.1) is 28.2 Å². The van der Waals surface area contributed by atoms with Gasteiger partial charge >= 0.3 is 35.6 Å². The molecule has 0 aromatic carbocycles. The van der Waals surface area contributed by atoms with Crippen LogP contribution in [0.3, 0.4) is 0 Å². The maximum atomic E-state index is 13.9. The largest absolute Gasteiger partial charge is 1.00 e. The fourth-order valence-electron chi connectivity index (χ4n) is 5.60. The number of thiazole rings is 1. The van der Waals surface area contributed by atoms with Crippen LogP contribution in [0.5, 0.6) is 5.88 Å². The average Bonchev–Trinajstić information content (AvgIpc) is 3.80. The van der Waals surface area contributed by atoms with E-state index < -0.39 is 47.2 Å². The number of carboxylic acids is 1. The summed E-state index contributed by atoms with van der Waals surface area (Å²) in [6, 6.07) is -3.78. The zero-order valence-electron chi connectivity index (χ0n) is 25.6. The summed E-state index contributed by atoms with van der Waals surface area (Å²) in [5.74, 6) is -3.24. The van der Waals surface area contributed by atoms with Gasteiger partial charge in [0, 0.05) is 30.0 Å². The summed E-state index contributed by atoms with van der Waals surface area (Å²) in [5, 5.41) is 49.0. The number of primary amides is 1. The van der Waals surface area contributed by atoms with Crippen LogP contribution in [0.2, 0.25) is 0 Å². The molecule has 0 radical (unpaired) electrons. The molecule has 3 aliphatic rings. The minimum absolute atomic E-state index is 0. The number of carboxylic acid groups (broad SMARTS) is 1. The first-order chi connectivity index (χ1) is 22.5. The molecule has 5 heterocycles. The monoisotopic (exact) mass is 725 g/mol. The van der Waals surface area contributed by atoms with Crippen LogP contribution >= 0.6 is 34.9 Å². The van der Waals surface area contributed by atoms with Gasteiger partial charge in [0.25, 0.3) is 5.91 Å². The van der Waals surface area contributed by atoms with Crippen LogP contribution in [0, 0.1) is 5.41 Å². The number of nitrogens with one attached hydrogen (secondary N) is 4. The Kier molecular flexibility index (Phi) is 11.0. The number of hydrogen-bond donors (Lipinski definition) is 6. The molecule has 1 aliphatic carbocycles. The molecule has 6 rings (SSSR count). The number of aliphatic carboxylic acids is 1. The second kappa shape index (κ2) is 14.8. The molecule has 3 aromatic rings. The number of aryl methyl sites for hydroxylation is 1. The molecule has 7 N–H and O–H groups in total. The van der Waals surface area contributed by atoms with Gasteiger partial charge in [-0.1, -0.05) is 24.6 Å².